The zero-order valence-corrected chi connectivity index (χ0v) is 18.8. The van der Waals surface area contributed by atoms with Crippen molar-refractivity contribution in [1.82, 2.24) is 4.31 Å². The number of thiophene rings is 1. The molecule has 1 aromatic heterocycles. The average Bonchev–Trinajstić information content (AvgIpc) is 3.28. The number of anilines is 1. The predicted molar refractivity (Wildman–Crippen MR) is 117 cm³/mol. The molecule has 6 nitrogen and oxygen atoms in total. The van der Waals surface area contributed by atoms with Crippen molar-refractivity contribution in [2.75, 3.05) is 18.4 Å². The first-order chi connectivity index (χ1) is 14.3. The molecule has 0 spiro atoms. The zero-order valence-electron chi connectivity index (χ0n) is 17.1. The van der Waals surface area contributed by atoms with E-state index in [1.165, 1.54) is 40.5 Å². The Balaban J connectivity index is 1.51. The van der Waals surface area contributed by atoms with Crippen LogP contribution in [-0.4, -0.2) is 31.7 Å². The third-order valence-electron chi connectivity index (χ3n) is 5.85. The number of benzene rings is 1. The molecule has 1 aromatic carbocycles. The fourth-order valence-corrected chi connectivity index (χ4v) is 7.43. The number of amides is 1. The molecule has 1 aliphatic carbocycles. The van der Waals surface area contributed by atoms with Crippen LogP contribution in [0.15, 0.2) is 29.2 Å². The van der Waals surface area contributed by atoms with E-state index in [9.17, 15) is 18.5 Å². The number of carbonyl (C=O) groups excluding carboxylic acids is 1. The molecule has 0 unspecified atom stereocenters. The van der Waals surface area contributed by atoms with E-state index in [4.69, 9.17) is 0 Å². The van der Waals surface area contributed by atoms with Crippen LogP contribution in [-0.2, 0) is 22.9 Å². The first-order valence-electron chi connectivity index (χ1n) is 10.3. The number of sulfonamides is 1. The van der Waals surface area contributed by atoms with Gasteiger partial charge < -0.3 is 5.32 Å². The maximum Gasteiger partial charge on any atom is 0.256 e. The van der Waals surface area contributed by atoms with E-state index in [0.717, 1.165) is 31.2 Å². The van der Waals surface area contributed by atoms with Gasteiger partial charge in [-0.1, -0.05) is 13.8 Å². The highest BCUT2D eigenvalue weighted by Gasteiger charge is 2.31. The van der Waals surface area contributed by atoms with Gasteiger partial charge in [-0.05, 0) is 67.3 Å². The van der Waals surface area contributed by atoms with Crippen molar-refractivity contribution in [3.05, 3.63) is 45.8 Å². The molecule has 2 heterocycles. The number of nitriles is 1. The van der Waals surface area contributed by atoms with E-state index in [0.29, 0.717) is 41.1 Å². The van der Waals surface area contributed by atoms with Gasteiger partial charge in [-0.3, -0.25) is 4.79 Å². The Labute approximate surface area is 181 Å². The van der Waals surface area contributed by atoms with Crippen LogP contribution in [0.3, 0.4) is 0 Å². The van der Waals surface area contributed by atoms with Crippen molar-refractivity contribution < 1.29 is 13.2 Å². The normalized spacial score (nSPS) is 21.8. The van der Waals surface area contributed by atoms with Gasteiger partial charge in [-0.25, -0.2) is 8.42 Å². The van der Waals surface area contributed by atoms with Crippen molar-refractivity contribution in [3.63, 3.8) is 0 Å². The Hall–Kier alpha value is -2.21. The summed E-state index contributed by atoms with van der Waals surface area (Å²) in [5.74, 6) is 0.321. The summed E-state index contributed by atoms with van der Waals surface area (Å²) in [5.41, 5.74) is 1.99. The van der Waals surface area contributed by atoms with Crippen molar-refractivity contribution in [1.29, 1.82) is 5.26 Å². The molecule has 30 heavy (non-hydrogen) atoms. The summed E-state index contributed by atoms with van der Waals surface area (Å²) in [6.45, 7) is 5.19. The summed E-state index contributed by atoms with van der Waals surface area (Å²) in [6.07, 6.45) is 3.91. The second-order valence-corrected chi connectivity index (χ2v) is 11.5. The molecule has 1 fully saturated rings. The van der Waals surface area contributed by atoms with Gasteiger partial charge in [-0.2, -0.15) is 9.57 Å². The average molecular weight is 444 g/mol. The molecule has 2 atom stereocenters. The molecule has 1 amide bonds. The molecule has 2 aromatic rings. The van der Waals surface area contributed by atoms with E-state index in [2.05, 4.69) is 25.2 Å². The van der Waals surface area contributed by atoms with E-state index < -0.39 is 10.0 Å². The lowest BCUT2D eigenvalue weighted by atomic mass is 9.94. The van der Waals surface area contributed by atoms with Gasteiger partial charge in [0.15, 0.2) is 0 Å². The number of aryl methyl sites for hydroxylation is 1. The Bertz CT molecular complexity index is 1100. The second kappa shape index (κ2) is 8.14. The molecule has 1 N–H and O–H groups in total. The summed E-state index contributed by atoms with van der Waals surface area (Å²) in [5, 5.41) is 12.9. The van der Waals surface area contributed by atoms with E-state index >= 15 is 0 Å². The maximum atomic E-state index is 13.0. The fourth-order valence-electron chi connectivity index (χ4n) is 4.52. The van der Waals surface area contributed by atoms with Crippen LogP contribution in [0.2, 0.25) is 0 Å². The molecule has 2 aliphatic rings. The van der Waals surface area contributed by atoms with Gasteiger partial charge in [-0.15, -0.1) is 11.3 Å². The summed E-state index contributed by atoms with van der Waals surface area (Å²) in [7, 11) is -3.58. The molecule has 8 heteroatoms. The van der Waals surface area contributed by atoms with Crippen LogP contribution >= 0.6 is 11.3 Å². The summed E-state index contributed by atoms with van der Waals surface area (Å²) in [6, 6.07) is 8.27. The summed E-state index contributed by atoms with van der Waals surface area (Å²) >= 11 is 1.47. The number of hydrogen-bond acceptors (Lipinski definition) is 5. The minimum absolute atomic E-state index is 0.202. The van der Waals surface area contributed by atoms with E-state index in [1.807, 2.05) is 0 Å². The maximum absolute atomic E-state index is 13.0. The Kier molecular flexibility index (Phi) is 5.71. The van der Waals surface area contributed by atoms with Crippen LogP contribution < -0.4 is 5.32 Å². The van der Waals surface area contributed by atoms with Gasteiger partial charge in [0.1, 0.15) is 11.1 Å². The van der Waals surface area contributed by atoms with Crippen molar-refractivity contribution in [3.8, 4) is 6.07 Å². The third kappa shape index (κ3) is 3.89. The number of nitrogens with one attached hydrogen (secondary N) is 1. The standard InChI is InChI=1S/C22H25N3O3S2/c1-14-10-15(2)13-25(12-14)30(27,28)17-8-6-16(7-9-17)21(26)24-22-19(11-23)18-4-3-5-20(18)29-22/h6-9,14-15H,3-5,10,12-13H2,1-2H3,(H,24,26)/t14-,15+. The molecule has 0 radical (unpaired) electrons. The third-order valence-corrected chi connectivity index (χ3v) is 8.90. The minimum Gasteiger partial charge on any atom is -0.312 e. The topological polar surface area (TPSA) is 90.3 Å². The largest absolute Gasteiger partial charge is 0.312 e. The van der Waals surface area contributed by atoms with Crippen molar-refractivity contribution in [2.24, 2.45) is 11.8 Å². The lowest BCUT2D eigenvalue weighted by Gasteiger charge is -2.34. The van der Waals surface area contributed by atoms with Gasteiger partial charge in [0.05, 0.1) is 10.5 Å². The van der Waals surface area contributed by atoms with Gasteiger partial charge in [0.2, 0.25) is 10.0 Å². The number of fused-ring (bicyclic) bond motifs is 1. The van der Waals surface area contributed by atoms with Gasteiger partial charge in [0, 0.05) is 23.5 Å². The Morgan fingerprint density at radius 2 is 1.83 bits per heavy atom. The summed E-state index contributed by atoms with van der Waals surface area (Å²) < 4.78 is 27.6. The smallest absolute Gasteiger partial charge is 0.256 e. The number of nitrogens with zero attached hydrogens (tertiary/aromatic N) is 2. The predicted octanol–water partition coefficient (Wildman–Crippen LogP) is 4.03. The summed E-state index contributed by atoms with van der Waals surface area (Å²) in [4.78, 5) is 14.1. The molecular weight excluding hydrogens is 418 g/mol. The minimum atomic E-state index is -3.58. The highest BCUT2D eigenvalue weighted by molar-refractivity contribution is 7.89. The molecule has 4 rings (SSSR count). The van der Waals surface area contributed by atoms with E-state index in [-0.39, 0.29) is 10.8 Å². The van der Waals surface area contributed by atoms with Crippen LogP contribution in [0.1, 0.15) is 53.1 Å². The first kappa shape index (κ1) is 21.0. The molecule has 158 valence electrons. The van der Waals surface area contributed by atoms with Crippen molar-refractivity contribution in [2.45, 2.75) is 44.4 Å². The van der Waals surface area contributed by atoms with Crippen LogP contribution in [0.4, 0.5) is 5.00 Å². The Morgan fingerprint density at radius 3 is 2.47 bits per heavy atom. The van der Waals surface area contributed by atoms with Crippen LogP contribution in [0, 0.1) is 23.2 Å². The lowest BCUT2D eigenvalue weighted by Crippen LogP contribution is -2.42. The number of rotatable bonds is 4. The zero-order chi connectivity index (χ0) is 21.5. The van der Waals surface area contributed by atoms with Gasteiger partial charge in [0.25, 0.3) is 5.91 Å². The quantitative estimate of drug-likeness (QED) is 0.772. The van der Waals surface area contributed by atoms with Crippen LogP contribution in [0.25, 0.3) is 0 Å². The molecule has 1 aliphatic heterocycles. The van der Waals surface area contributed by atoms with E-state index in [1.54, 1.807) is 4.31 Å². The fraction of sp³-hybridized carbons (Fsp3) is 0.455. The molecule has 0 saturated carbocycles. The number of carbonyl (C=O) groups is 1. The molecular formula is C22H25N3O3S2. The molecule has 0 bridgehead atoms. The monoisotopic (exact) mass is 443 g/mol. The Morgan fingerprint density at radius 1 is 1.17 bits per heavy atom. The highest BCUT2D eigenvalue weighted by Crippen LogP contribution is 2.38. The van der Waals surface area contributed by atoms with Gasteiger partial charge >= 0.3 is 0 Å². The SMILES string of the molecule is C[C@@H]1C[C@H](C)CN(S(=O)(=O)c2ccc(C(=O)Nc3sc4c(c3C#N)CCC4)cc2)C1. The molecule has 1 saturated heterocycles. The van der Waals surface area contributed by atoms with Crippen LogP contribution in [0.5, 0.6) is 0 Å². The second-order valence-electron chi connectivity index (χ2n) is 8.42. The van der Waals surface area contributed by atoms with Crippen molar-refractivity contribution >= 4 is 32.3 Å². The first-order valence-corrected chi connectivity index (χ1v) is 12.5. The lowest BCUT2D eigenvalue weighted by molar-refractivity contribution is 0.102. The number of piperidine rings is 1. The number of hydrogen-bond donors (Lipinski definition) is 1. The highest BCUT2D eigenvalue weighted by atomic mass is 32.2.